The summed E-state index contributed by atoms with van der Waals surface area (Å²) in [5.74, 6) is -1.50. The molecule has 0 aliphatic heterocycles. The van der Waals surface area contributed by atoms with E-state index >= 15 is 0 Å². The van der Waals surface area contributed by atoms with Crippen LogP contribution in [0.25, 0.3) is 0 Å². The first-order chi connectivity index (χ1) is 11.5. The second kappa shape index (κ2) is 8.31. The summed E-state index contributed by atoms with van der Waals surface area (Å²) in [5, 5.41) is 2.79. The van der Waals surface area contributed by atoms with Crippen molar-refractivity contribution < 1.29 is 23.5 Å². The van der Waals surface area contributed by atoms with Crippen LogP contribution in [0.4, 0.5) is 4.39 Å². The van der Waals surface area contributed by atoms with E-state index in [1.165, 1.54) is 6.07 Å². The van der Waals surface area contributed by atoms with Gasteiger partial charge in [-0.25, -0.2) is 9.18 Å². The van der Waals surface area contributed by atoms with E-state index in [9.17, 15) is 14.0 Å². The van der Waals surface area contributed by atoms with Crippen LogP contribution < -0.4 is 10.1 Å². The first kappa shape index (κ1) is 17.7. The minimum Gasteiger partial charge on any atom is -0.497 e. The third-order valence-corrected chi connectivity index (χ3v) is 3.37. The van der Waals surface area contributed by atoms with Gasteiger partial charge in [0.15, 0.2) is 6.61 Å². The first-order valence-corrected chi connectivity index (χ1v) is 7.39. The van der Waals surface area contributed by atoms with E-state index in [1.807, 2.05) is 0 Å². The number of esters is 1. The molecule has 7 heteroatoms. The van der Waals surface area contributed by atoms with E-state index in [-0.39, 0.29) is 17.1 Å². The monoisotopic (exact) mass is 351 g/mol. The summed E-state index contributed by atoms with van der Waals surface area (Å²) in [6.07, 6.45) is 0. The molecule has 24 heavy (non-hydrogen) atoms. The third-order valence-electron chi connectivity index (χ3n) is 3.13. The molecule has 1 amide bonds. The lowest BCUT2D eigenvalue weighted by atomic mass is 10.2. The van der Waals surface area contributed by atoms with E-state index in [0.29, 0.717) is 5.75 Å². The van der Waals surface area contributed by atoms with E-state index in [0.717, 1.165) is 17.7 Å². The number of halogens is 2. The van der Waals surface area contributed by atoms with Gasteiger partial charge in [-0.05, 0) is 35.9 Å². The number of methoxy groups -OCH3 is 1. The van der Waals surface area contributed by atoms with Crippen LogP contribution in [0.3, 0.4) is 0 Å². The van der Waals surface area contributed by atoms with Gasteiger partial charge in [0.1, 0.15) is 11.6 Å². The van der Waals surface area contributed by atoms with Gasteiger partial charge in [-0.1, -0.05) is 23.7 Å². The van der Waals surface area contributed by atoms with Crippen LogP contribution in [0.15, 0.2) is 42.5 Å². The van der Waals surface area contributed by atoms with Gasteiger partial charge >= 0.3 is 5.97 Å². The van der Waals surface area contributed by atoms with Gasteiger partial charge in [0.2, 0.25) is 0 Å². The Balaban J connectivity index is 1.82. The highest BCUT2D eigenvalue weighted by atomic mass is 35.5. The lowest BCUT2D eigenvalue weighted by Crippen LogP contribution is -2.28. The average Bonchev–Trinajstić information content (AvgIpc) is 2.60. The molecule has 0 aliphatic carbocycles. The smallest absolute Gasteiger partial charge is 0.341 e. The molecule has 0 aliphatic rings. The van der Waals surface area contributed by atoms with Crippen molar-refractivity contribution >= 4 is 23.5 Å². The minimum atomic E-state index is -0.949. The van der Waals surface area contributed by atoms with Gasteiger partial charge in [-0.15, -0.1) is 0 Å². The highest BCUT2D eigenvalue weighted by molar-refractivity contribution is 6.30. The number of hydrogen-bond acceptors (Lipinski definition) is 4. The number of rotatable bonds is 6. The number of hydrogen-bond donors (Lipinski definition) is 1. The van der Waals surface area contributed by atoms with Crippen molar-refractivity contribution in [1.29, 1.82) is 0 Å². The van der Waals surface area contributed by atoms with Gasteiger partial charge in [0.05, 0.1) is 12.7 Å². The fourth-order valence-electron chi connectivity index (χ4n) is 1.86. The van der Waals surface area contributed by atoms with Crippen LogP contribution in [0.2, 0.25) is 5.02 Å². The van der Waals surface area contributed by atoms with Crippen LogP contribution in [0.1, 0.15) is 15.9 Å². The van der Waals surface area contributed by atoms with E-state index < -0.39 is 24.3 Å². The van der Waals surface area contributed by atoms with Crippen LogP contribution in [-0.4, -0.2) is 25.6 Å². The van der Waals surface area contributed by atoms with E-state index in [1.54, 1.807) is 31.4 Å². The van der Waals surface area contributed by atoms with Gasteiger partial charge in [0, 0.05) is 11.6 Å². The van der Waals surface area contributed by atoms with Crippen molar-refractivity contribution in [3.8, 4) is 5.75 Å². The van der Waals surface area contributed by atoms with Gasteiger partial charge in [-0.2, -0.15) is 0 Å². The van der Waals surface area contributed by atoms with Crippen molar-refractivity contribution in [2.45, 2.75) is 6.54 Å². The first-order valence-electron chi connectivity index (χ1n) is 7.01. The lowest BCUT2D eigenvalue weighted by Gasteiger charge is -2.08. The molecule has 0 unspecified atom stereocenters. The Labute approximate surface area is 143 Å². The Bertz CT molecular complexity index is 734. The Morgan fingerprint density at radius 2 is 1.88 bits per heavy atom. The Kier molecular flexibility index (Phi) is 6.14. The molecular weight excluding hydrogens is 337 g/mol. The SMILES string of the molecule is COc1ccc(CNC(=O)COC(=O)c2cc(Cl)ccc2F)cc1. The average molecular weight is 352 g/mol. The quantitative estimate of drug-likeness (QED) is 0.813. The number of ether oxygens (including phenoxy) is 2. The highest BCUT2D eigenvalue weighted by Crippen LogP contribution is 2.15. The molecule has 0 saturated heterocycles. The molecule has 0 saturated carbocycles. The predicted molar refractivity (Wildman–Crippen MR) is 86.5 cm³/mol. The van der Waals surface area contributed by atoms with Crippen LogP contribution in [0.5, 0.6) is 5.75 Å². The number of nitrogens with one attached hydrogen (secondary N) is 1. The van der Waals surface area contributed by atoms with Crippen molar-refractivity contribution in [1.82, 2.24) is 5.32 Å². The molecule has 126 valence electrons. The summed E-state index contributed by atoms with van der Waals surface area (Å²) in [6.45, 7) is -0.243. The highest BCUT2D eigenvalue weighted by Gasteiger charge is 2.15. The summed E-state index contributed by atoms with van der Waals surface area (Å²) < 4.78 is 23.3. The second-order valence-corrected chi connectivity index (χ2v) is 5.26. The second-order valence-electron chi connectivity index (χ2n) is 4.83. The summed E-state index contributed by atoms with van der Waals surface area (Å²) in [4.78, 5) is 23.4. The van der Waals surface area contributed by atoms with Gasteiger partial charge < -0.3 is 14.8 Å². The van der Waals surface area contributed by atoms with Crippen LogP contribution in [-0.2, 0) is 16.1 Å². The molecule has 0 fully saturated rings. The van der Waals surface area contributed by atoms with Gasteiger partial charge in [0.25, 0.3) is 5.91 Å². The van der Waals surface area contributed by atoms with Crippen molar-refractivity contribution in [3.63, 3.8) is 0 Å². The fraction of sp³-hybridized carbons (Fsp3) is 0.176. The summed E-state index contributed by atoms with van der Waals surface area (Å²) in [6, 6.07) is 10.7. The molecule has 0 bridgehead atoms. The molecule has 2 aromatic carbocycles. The maximum absolute atomic E-state index is 13.5. The molecule has 5 nitrogen and oxygen atoms in total. The van der Waals surface area contributed by atoms with Crippen LogP contribution >= 0.6 is 11.6 Å². The van der Waals surface area contributed by atoms with Crippen molar-refractivity contribution in [2.24, 2.45) is 0 Å². The summed E-state index contributed by atoms with van der Waals surface area (Å²) >= 11 is 5.70. The molecule has 0 atom stereocenters. The molecule has 0 spiro atoms. The zero-order valence-electron chi connectivity index (χ0n) is 12.8. The van der Waals surface area contributed by atoms with Crippen LogP contribution in [0, 0.1) is 5.82 Å². The predicted octanol–water partition coefficient (Wildman–Crippen LogP) is 2.96. The molecule has 0 heterocycles. The number of carbonyl (C=O) groups is 2. The third kappa shape index (κ3) is 4.96. The van der Waals surface area contributed by atoms with Crippen molar-refractivity contribution in [3.05, 3.63) is 64.4 Å². The zero-order chi connectivity index (χ0) is 17.5. The number of amides is 1. The largest absolute Gasteiger partial charge is 0.497 e. The standard InChI is InChI=1S/C17H15ClFNO4/c1-23-13-5-2-11(3-6-13)9-20-16(21)10-24-17(22)14-8-12(18)4-7-15(14)19/h2-8H,9-10H2,1H3,(H,20,21). The maximum atomic E-state index is 13.5. The molecule has 2 aromatic rings. The molecular formula is C17H15ClFNO4. The number of carbonyl (C=O) groups excluding carboxylic acids is 2. The van der Waals surface area contributed by atoms with Crippen molar-refractivity contribution in [2.75, 3.05) is 13.7 Å². The molecule has 0 aromatic heterocycles. The molecule has 2 rings (SSSR count). The minimum absolute atomic E-state index is 0.201. The molecule has 0 radical (unpaired) electrons. The molecule has 1 N–H and O–H groups in total. The summed E-state index contributed by atoms with van der Waals surface area (Å²) in [5.41, 5.74) is 0.543. The van der Waals surface area contributed by atoms with E-state index in [4.69, 9.17) is 21.1 Å². The topological polar surface area (TPSA) is 64.6 Å². The summed E-state index contributed by atoms with van der Waals surface area (Å²) in [7, 11) is 1.56. The zero-order valence-corrected chi connectivity index (χ0v) is 13.6. The fourth-order valence-corrected chi connectivity index (χ4v) is 2.03. The lowest BCUT2D eigenvalue weighted by molar-refractivity contribution is -0.124. The Morgan fingerprint density at radius 1 is 1.17 bits per heavy atom. The van der Waals surface area contributed by atoms with Gasteiger partial charge in [-0.3, -0.25) is 4.79 Å². The normalized spacial score (nSPS) is 10.1. The Hall–Kier alpha value is -2.60. The number of benzene rings is 2. The maximum Gasteiger partial charge on any atom is 0.341 e. The Morgan fingerprint density at radius 3 is 2.54 bits per heavy atom. The van der Waals surface area contributed by atoms with E-state index in [2.05, 4.69) is 5.32 Å².